The normalized spacial score (nSPS) is 22.5. The van der Waals surface area contributed by atoms with Gasteiger partial charge in [-0.15, -0.1) is 0 Å². The number of fused-ring (bicyclic) bond motifs is 1. The van der Waals surface area contributed by atoms with Gasteiger partial charge in [-0.3, -0.25) is 24.1 Å². The number of carbonyl (C=O) groups excluding carboxylic acids is 4. The highest BCUT2D eigenvalue weighted by molar-refractivity contribution is 6.22. The van der Waals surface area contributed by atoms with Crippen LogP contribution >= 0.6 is 0 Å². The largest absolute Gasteiger partial charge is 0.352 e. The number of benzene rings is 1. The zero-order chi connectivity index (χ0) is 19.7. The molecular formula is C21H25N3O4. The second kappa shape index (κ2) is 7.73. The number of likely N-dealkylation sites (tertiary alicyclic amines) is 1. The first kappa shape index (κ1) is 18.7. The van der Waals surface area contributed by atoms with Crippen LogP contribution in [0.2, 0.25) is 0 Å². The third kappa shape index (κ3) is 3.41. The lowest BCUT2D eigenvalue weighted by Crippen LogP contribution is -2.51. The summed E-state index contributed by atoms with van der Waals surface area (Å²) in [7, 11) is 0. The highest BCUT2D eigenvalue weighted by Gasteiger charge is 2.40. The summed E-state index contributed by atoms with van der Waals surface area (Å²) in [6.45, 7) is 0.157. The molecule has 4 rings (SSSR count). The van der Waals surface area contributed by atoms with Gasteiger partial charge in [-0.05, 0) is 37.8 Å². The van der Waals surface area contributed by atoms with E-state index in [1.807, 2.05) is 0 Å². The molecular weight excluding hydrogens is 358 g/mol. The van der Waals surface area contributed by atoms with Crippen molar-refractivity contribution in [3.05, 3.63) is 35.4 Å². The molecule has 1 saturated heterocycles. The molecule has 3 aliphatic rings. The number of imide groups is 1. The zero-order valence-electron chi connectivity index (χ0n) is 15.9. The van der Waals surface area contributed by atoms with Crippen LogP contribution in [0.5, 0.6) is 0 Å². The SMILES string of the molecule is O=C(NC1CCCCC1)[C@H]1CCCN1C(=O)CN1C(=O)c2ccccc2C1=O. The summed E-state index contributed by atoms with van der Waals surface area (Å²) in [5.41, 5.74) is 0.654. The van der Waals surface area contributed by atoms with Gasteiger partial charge in [0.05, 0.1) is 11.1 Å². The first-order chi connectivity index (χ1) is 13.6. The molecule has 2 aliphatic heterocycles. The molecule has 0 unspecified atom stereocenters. The minimum Gasteiger partial charge on any atom is -0.352 e. The van der Waals surface area contributed by atoms with Gasteiger partial charge in [-0.1, -0.05) is 31.4 Å². The molecule has 28 heavy (non-hydrogen) atoms. The van der Waals surface area contributed by atoms with Crippen molar-refractivity contribution >= 4 is 23.6 Å². The van der Waals surface area contributed by atoms with E-state index >= 15 is 0 Å². The molecule has 1 aromatic carbocycles. The summed E-state index contributed by atoms with van der Waals surface area (Å²) < 4.78 is 0. The fourth-order valence-corrected chi connectivity index (χ4v) is 4.49. The molecule has 2 heterocycles. The summed E-state index contributed by atoms with van der Waals surface area (Å²) >= 11 is 0. The molecule has 1 N–H and O–H groups in total. The molecule has 0 radical (unpaired) electrons. The predicted molar refractivity (Wildman–Crippen MR) is 102 cm³/mol. The first-order valence-electron chi connectivity index (χ1n) is 10.1. The molecule has 0 bridgehead atoms. The van der Waals surface area contributed by atoms with Crippen LogP contribution in [0.3, 0.4) is 0 Å². The first-order valence-corrected chi connectivity index (χ1v) is 10.1. The van der Waals surface area contributed by atoms with E-state index in [2.05, 4.69) is 5.32 Å². The molecule has 1 saturated carbocycles. The van der Waals surface area contributed by atoms with Gasteiger partial charge in [-0.25, -0.2) is 0 Å². The maximum Gasteiger partial charge on any atom is 0.262 e. The second-order valence-electron chi connectivity index (χ2n) is 7.83. The van der Waals surface area contributed by atoms with Crippen LogP contribution in [0.4, 0.5) is 0 Å². The van der Waals surface area contributed by atoms with Gasteiger partial charge < -0.3 is 10.2 Å². The van der Waals surface area contributed by atoms with Crippen LogP contribution in [-0.4, -0.2) is 58.6 Å². The van der Waals surface area contributed by atoms with Crippen molar-refractivity contribution in [2.24, 2.45) is 0 Å². The molecule has 148 valence electrons. The lowest BCUT2D eigenvalue weighted by molar-refractivity contribution is -0.138. The van der Waals surface area contributed by atoms with Crippen LogP contribution in [0, 0.1) is 0 Å². The van der Waals surface area contributed by atoms with Gasteiger partial charge in [0.25, 0.3) is 11.8 Å². The van der Waals surface area contributed by atoms with Crippen LogP contribution in [0.15, 0.2) is 24.3 Å². The number of nitrogens with one attached hydrogen (secondary N) is 1. The number of carbonyl (C=O) groups is 4. The Morgan fingerprint density at radius 3 is 2.21 bits per heavy atom. The van der Waals surface area contributed by atoms with Gasteiger partial charge in [0.2, 0.25) is 11.8 Å². The lowest BCUT2D eigenvalue weighted by Gasteiger charge is -2.29. The van der Waals surface area contributed by atoms with Gasteiger partial charge in [0.1, 0.15) is 12.6 Å². The fourth-order valence-electron chi connectivity index (χ4n) is 4.49. The summed E-state index contributed by atoms with van der Waals surface area (Å²) in [6.07, 6.45) is 6.79. The standard InChI is InChI=1S/C21H25N3O4/c25-18(13-24-20(27)15-9-4-5-10-16(15)21(24)28)23-12-6-11-17(23)19(26)22-14-7-2-1-3-8-14/h4-5,9-10,14,17H,1-3,6-8,11-13H2,(H,22,26)/t17-/m1/s1. The van der Waals surface area contributed by atoms with Gasteiger partial charge in [0.15, 0.2) is 0 Å². The summed E-state index contributed by atoms with van der Waals surface area (Å²) in [5.74, 6) is -1.36. The van der Waals surface area contributed by atoms with Crippen molar-refractivity contribution in [3.63, 3.8) is 0 Å². The maximum absolute atomic E-state index is 12.9. The minimum atomic E-state index is -0.510. The van der Waals surface area contributed by atoms with Crippen molar-refractivity contribution in [1.82, 2.24) is 15.1 Å². The van der Waals surface area contributed by atoms with Crippen molar-refractivity contribution in [2.45, 2.75) is 57.0 Å². The second-order valence-corrected chi connectivity index (χ2v) is 7.83. The summed E-state index contributed by atoms with van der Waals surface area (Å²) in [5, 5.41) is 3.09. The number of hydrogen-bond donors (Lipinski definition) is 1. The van der Waals surface area contributed by atoms with Crippen LogP contribution in [0.25, 0.3) is 0 Å². The Morgan fingerprint density at radius 2 is 1.57 bits per heavy atom. The number of hydrogen-bond acceptors (Lipinski definition) is 4. The van der Waals surface area contributed by atoms with Crippen LogP contribution < -0.4 is 5.32 Å². The van der Waals surface area contributed by atoms with E-state index in [4.69, 9.17) is 0 Å². The van der Waals surface area contributed by atoms with E-state index in [9.17, 15) is 19.2 Å². The summed E-state index contributed by atoms with van der Waals surface area (Å²) in [6, 6.07) is 6.26. The molecule has 7 heteroatoms. The third-order valence-electron chi connectivity index (χ3n) is 6.00. The maximum atomic E-state index is 12.9. The molecule has 7 nitrogen and oxygen atoms in total. The Bertz CT molecular complexity index is 781. The molecule has 2 fully saturated rings. The Morgan fingerprint density at radius 1 is 0.929 bits per heavy atom. The van der Waals surface area contributed by atoms with Crippen molar-refractivity contribution in [1.29, 1.82) is 0 Å². The van der Waals surface area contributed by atoms with E-state index in [0.717, 1.165) is 37.0 Å². The Labute approximate surface area is 164 Å². The Hall–Kier alpha value is -2.70. The zero-order valence-corrected chi connectivity index (χ0v) is 15.9. The van der Waals surface area contributed by atoms with E-state index < -0.39 is 17.9 Å². The highest BCUT2D eigenvalue weighted by atomic mass is 16.2. The fraction of sp³-hybridized carbons (Fsp3) is 0.524. The average molecular weight is 383 g/mol. The van der Waals surface area contributed by atoms with E-state index in [0.29, 0.717) is 24.1 Å². The lowest BCUT2D eigenvalue weighted by atomic mass is 9.95. The topological polar surface area (TPSA) is 86.8 Å². The van der Waals surface area contributed by atoms with E-state index in [-0.39, 0.29) is 24.4 Å². The van der Waals surface area contributed by atoms with Gasteiger partial charge >= 0.3 is 0 Å². The molecule has 0 aromatic heterocycles. The third-order valence-corrected chi connectivity index (χ3v) is 6.00. The summed E-state index contributed by atoms with van der Waals surface area (Å²) in [4.78, 5) is 53.1. The van der Waals surface area contributed by atoms with E-state index in [1.54, 1.807) is 24.3 Å². The van der Waals surface area contributed by atoms with Crippen molar-refractivity contribution in [3.8, 4) is 0 Å². The molecule has 1 aliphatic carbocycles. The predicted octanol–water partition coefficient (Wildman–Crippen LogP) is 1.72. The smallest absolute Gasteiger partial charge is 0.262 e. The highest BCUT2D eigenvalue weighted by Crippen LogP contribution is 2.24. The monoisotopic (exact) mass is 383 g/mol. The van der Waals surface area contributed by atoms with Crippen LogP contribution in [0.1, 0.15) is 65.7 Å². The molecule has 0 spiro atoms. The van der Waals surface area contributed by atoms with Crippen LogP contribution in [-0.2, 0) is 9.59 Å². The molecule has 1 aromatic rings. The van der Waals surface area contributed by atoms with Gasteiger partial charge in [0, 0.05) is 12.6 Å². The minimum absolute atomic E-state index is 0.111. The van der Waals surface area contributed by atoms with Crippen molar-refractivity contribution in [2.75, 3.05) is 13.1 Å². The average Bonchev–Trinajstić information content (AvgIpc) is 3.29. The van der Waals surface area contributed by atoms with Crippen molar-refractivity contribution < 1.29 is 19.2 Å². The Kier molecular flexibility index (Phi) is 5.15. The number of nitrogens with zero attached hydrogens (tertiary/aromatic N) is 2. The van der Waals surface area contributed by atoms with Gasteiger partial charge in [-0.2, -0.15) is 0 Å². The number of amides is 4. The Balaban J connectivity index is 1.41. The molecule has 1 atom stereocenters. The van der Waals surface area contributed by atoms with E-state index in [1.165, 1.54) is 11.3 Å². The molecule has 4 amide bonds. The quantitative estimate of drug-likeness (QED) is 0.802. The number of rotatable bonds is 4.